The molecule has 1 rings (SSSR count). The number of carbonyl (C=O) groups excluding carboxylic acids is 1. The molecular weight excluding hydrogens is 302 g/mol. The van der Waals surface area contributed by atoms with Gasteiger partial charge in [0.1, 0.15) is 5.75 Å². The first-order valence-electron chi connectivity index (χ1n) is 5.29. The largest absolute Gasteiger partial charge is 0.495 e. The lowest BCUT2D eigenvalue weighted by Crippen LogP contribution is -2.42. The highest BCUT2D eigenvalue weighted by Crippen LogP contribution is 2.28. The maximum Gasteiger partial charge on any atom is 0.339 e. The maximum atomic E-state index is 11.3. The van der Waals surface area contributed by atoms with E-state index in [1.54, 1.807) is 19.2 Å². The van der Waals surface area contributed by atoms with Crippen molar-refractivity contribution in [3.05, 3.63) is 22.7 Å². The van der Waals surface area contributed by atoms with E-state index in [4.69, 9.17) is 4.74 Å². The molecular formula is C12H16BrNO4. The molecule has 0 heterocycles. The molecule has 5 nitrogen and oxygen atoms in total. The summed E-state index contributed by atoms with van der Waals surface area (Å²) in [6.45, 7) is 1.44. The van der Waals surface area contributed by atoms with E-state index in [2.05, 4.69) is 26.0 Å². The van der Waals surface area contributed by atoms with Gasteiger partial charge in [0.2, 0.25) is 0 Å². The number of aliphatic hydroxyl groups is 1. The fourth-order valence-corrected chi connectivity index (χ4v) is 1.74. The van der Waals surface area contributed by atoms with E-state index < -0.39 is 11.6 Å². The predicted octanol–water partition coefficient (Wildman–Crippen LogP) is 1.79. The van der Waals surface area contributed by atoms with Gasteiger partial charge in [0.15, 0.2) is 5.60 Å². The number of benzene rings is 1. The second-order valence-corrected chi connectivity index (χ2v) is 4.82. The summed E-state index contributed by atoms with van der Waals surface area (Å²) in [6.07, 6.45) is 0. The number of hydrogen-bond donors (Lipinski definition) is 2. The normalized spacial score (nSPS) is 13.6. The number of esters is 1. The molecule has 0 aliphatic carbocycles. The Morgan fingerprint density at radius 3 is 2.72 bits per heavy atom. The van der Waals surface area contributed by atoms with Crippen molar-refractivity contribution < 1.29 is 19.4 Å². The van der Waals surface area contributed by atoms with Gasteiger partial charge in [0.05, 0.1) is 25.2 Å². The molecule has 0 saturated carbocycles. The second kappa shape index (κ2) is 6.06. The molecule has 0 aliphatic rings. The first-order chi connectivity index (χ1) is 8.40. The van der Waals surface area contributed by atoms with Gasteiger partial charge in [-0.05, 0) is 35.0 Å². The van der Waals surface area contributed by atoms with Gasteiger partial charge in [-0.1, -0.05) is 0 Å². The zero-order chi connectivity index (χ0) is 13.8. The number of anilines is 1. The molecule has 0 fully saturated rings. The van der Waals surface area contributed by atoms with Crippen LogP contribution in [0.3, 0.4) is 0 Å². The van der Waals surface area contributed by atoms with Gasteiger partial charge in [-0.25, -0.2) is 4.79 Å². The number of carbonyl (C=O) groups is 1. The Kier molecular flexibility index (Phi) is 4.98. The first-order valence-corrected chi connectivity index (χ1v) is 6.08. The topological polar surface area (TPSA) is 67.8 Å². The Hall–Kier alpha value is -1.27. The van der Waals surface area contributed by atoms with Crippen LogP contribution in [0, 0.1) is 0 Å². The Morgan fingerprint density at radius 1 is 1.50 bits per heavy atom. The van der Waals surface area contributed by atoms with Crippen LogP contribution in [-0.4, -0.2) is 37.4 Å². The van der Waals surface area contributed by atoms with Crippen molar-refractivity contribution in [3.63, 3.8) is 0 Å². The van der Waals surface area contributed by atoms with Crippen molar-refractivity contribution >= 4 is 27.6 Å². The van der Waals surface area contributed by atoms with E-state index in [0.29, 0.717) is 5.75 Å². The monoisotopic (exact) mass is 317 g/mol. The Morgan fingerprint density at radius 2 is 2.17 bits per heavy atom. The summed E-state index contributed by atoms with van der Waals surface area (Å²) in [5.41, 5.74) is -0.839. The lowest BCUT2D eigenvalue weighted by molar-refractivity contribution is -0.158. The van der Waals surface area contributed by atoms with Gasteiger partial charge in [-0.3, -0.25) is 0 Å². The van der Waals surface area contributed by atoms with Gasteiger partial charge in [-0.2, -0.15) is 0 Å². The molecule has 0 aliphatic heterocycles. The number of nitrogens with one attached hydrogen (secondary N) is 1. The van der Waals surface area contributed by atoms with E-state index in [9.17, 15) is 9.90 Å². The number of halogens is 1. The molecule has 0 amide bonds. The Labute approximate surface area is 114 Å². The molecule has 1 atom stereocenters. The fourth-order valence-electron chi connectivity index (χ4n) is 1.34. The summed E-state index contributed by atoms with van der Waals surface area (Å²) in [4.78, 5) is 11.3. The molecule has 6 heteroatoms. The lowest BCUT2D eigenvalue weighted by Gasteiger charge is -2.21. The lowest BCUT2D eigenvalue weighted by atomic mass is 10.1. The van der Waals surface area contributed by atoms with Crippen molar-refractivity contribution in [2.75, 3.05) is 26.1 Å². The molecule has 0 radical (unpaired) electrons. The summed E-state index contributed by atoms with van der Waals surface area (Å²) in [5.74, 6) is -0.0169. The predicted molar refractivity (Wildman–Crippen MR) is 71.8 cm³/mol. The van der Waals surface area contributed by atoms with Crippen LogP contribution in [0.15, 0.2) is 22.7 Å². The van der Waals surface area contributed by atoms with Crippen LogP contribution in [0.4, 0.5) is 5.69 Å². The van der Waals surface area contributed by atoms with Gasteiger partial charge >= 0.3 is 5.97 Å². The minimum Gasteiger partial charge on any atom is -0.495 e. The quantitative estimate of drug-likeness (QED) is 0.810. The van der Waals surface area contributed by atoms with Crippen LogP contribution >= 0.6 is 15.9 Å². The maximum absolute atomic E-state index is 11.3. The van der Waals surface area contributed by atoms with Crippen molar-refractivity contribution in [2.24, 2.45) is 0 Å². The zero-order valence-electron chi connectivity index (χ0n) is 10.5. The van der Waals surface area contributed by atoms with Crippen LogP contribution in [0.2, 0.25) is 0 Å². The van der Waals surface area contributed by atoms with Crippen LogP contribution in [0.25, 0.3) is 0 Å². The van der Waals surface area contributed by atoms with Crippen LogP contribution < -0.4 is 10.1 Å². The van der Waals surface area contributed by atoms with Crippen molar-refractivity contribution in [3.8, 4) is 5.75 Å². The highest BCUT2D eigenvalue weighted by molar-refractivity contribution is 9.10. The van der Waals surface area contributed by atoms with E-state index >= 15 is 0 Å². The third-order valence-electron chi connectivity index (χ3n) is 2.41. The summed E-state index contributed by atoms with van der Waals surface area (Å²) in [5, 5.41) is 12.8. The fraction of sp³-hybridized carbons (Fsp3) is 0.417. The molecule has 0 bridgehead atoms. The summed E-state index contributed by atoms with van der Waals surface area (Å²) in [6, 6.07) is 5.38. The molecule has 0 spiro atoms. The minimum absolute atomic E-state index is 0.0461. The molecule has 1 aromatic rings. The van der Waals surface area contributed by atoms with Crippen molar-refractivity contribution in [1.29, 1.82) is 0 Å². The zero-order valence-corrected chi connectivity index (χ0v) is 12.1. The van der Waals surface area contributed by atoms with Crippen LogP contribution in [0.1, 0.15) is 6.92 Å². The van der Waals surface area contributed by atoms with Gasteiger partial charge < -0.3 is 19.9 Å². The SMILES string of the molecule is COC(=O)C(C)(O)CNc1ccc(Br)c(OC)c1. The molecule has 18 heavy (non-hydrogen) atoms. The molecule has 100 valence electrons. The Bertz CT molecular complexity index is 434. The number of ether oxygens (including phenoxy) is 2. The van der Waals surface area contributed by atoms with Gasteiger partial charge in [0, 0.05) is 11.8 Å². The highest BCUT2D eigenvalue weighted by atomic mass is 79.9. The molecule has 0 saturated heterocycles. The molecule has 1 aromatic carbocycles. The van der Waals surface area contributed by atoms with Crippen LogP contribution in [-0.2, 0) is 9.53 Å². The smallest absolute Gasteiger partial charge is 0.339 e. The average molecular weight is 318 g/mol. The second-order valence-electron chi connectivity index (χ2n) is 3.97. The number of hydrogen-bond acceptors (Lipinski definition) is 5. The van der Waals surface area contributed by atoms with Gasteiger partial charge in [0.25, 0.3) is 0 Å². The first kappa shape index (κ1) is 14.8. The minimum atomic E-state index is -1.57. The summed E-state index contributed by atoms with van der Waals surface area (Å²) < 4.78 is 10.5. The average Bonchev–Trinajstić information content (AvgIpc) is 2.36. The van der Waals surface area contributed by atoms with E-state index in [1.807, 2.05) is 6.07 Å². The Balaban J connectivity index is 2.72. The molecule has 1 unspecified atom stereocenters. The van der Waals surface area contributed by atoms with Crippen LogP contribution in [0.5, 0.6) is 5.75 Å². The number of rotatable bonds is 5. The van der Waals surface area contributed by atoms with Crippen molar-refractivity contribution in [1.82, 2.24) is 0 Å². The highest BCUT2D eigenvalue weighted by Gasteiger charge is 2.31. The van der Waals surface area contributed by atoms with Crippen molar-refractivity contribution in [2.45, 2.75) is 12.5 Å². The third kappa shape index (κ3) is 3.61. The van der Waals surface area contributed by atoms with E-state index in [0.717, 1.165) is 10.2 Å². The van der Waals surface area contributed by atoms with E-state index in [1.165, 1.54) is 14.0 Å². The molecule has 2 N–H and O–H groups in total. The third-order valence-corrected chi connectivity index (χ3v) is 3.07. The standard InChI is InChI=1S/C12H16BrNO4/c1-12(16,11(15)18-3)7-14-8-4-5-9(13)10(6-8)17-2/h4-6,14,16H,7H2,1-3H3. The van der Waals surface area contributed by atoms with Gasteiger partial charge in [-0.15, -0.1) is 0 Å². The number of methoxy groups -OCH3 is 2. The van der Waals surface area contributed by atoms with E-state index in [-0.39, 0.29) is 6.54 Å². The summed E-state index contributed by atoms with van der Waals surface area (Å²) >= 11 is 3.34. The summed E-state index contributed by atoms with van der Waals surface area (Å²) in [7, 11) is 2.80. The molecule has 0 aromatic heterocycles.